The first-order chi connectivity index (χ1) is 5.29. The molecule has 1 nitrogen and oxygen atoms in total. The first-order valence-corrected chi connectivity index (χ1v) is 5.01. The molecular formula is C10H19N. The van der Waals surface area contributed by atoms with Crippen LogP contribution in [0.2, 0.25) is 0 Å². The van der Waals surface area contributed by atoms with Crippen LogP contribution in [0.25, 0.3) is 0 Å². The monoisotopic (exact) mass is 153 g/mol. The molecule has 0 bridgehead atoms. The van der Waals surface area contributed by atoms with Crippen LogP contribution < -0.4 is 0 Å². The van der Waals surface area contributed by atoms with Crippen molar-refractivity contribution in [2.45, 2.75) is 51.1 Å². The highest BCUT2D eigenvalue weighted by Gasteiger charge is 2.37. The molecule has 0 spiro atoms. The van der Waals surface area contributed by atoms with Crippen molar-refractivity contribution >= 4 is 0 Å². The van der Waals surface area contributed by atoms with Gasteiger partial charge >= 0.3 is 0 Å². The molecule has 0 amide bonds. The molecule has 2 aliphatic rings. The minimum Gasteiger partial charge on any atom is -0.300 e. The molecule has 1 saturated heterocycles. The molecule has 1 unspecified atom stereocenters. The highest BCUT2D eigenvalue weighted by Crippen LogP contribution is 2.38. The molecule has 1 saturated carbocycles. The quantitative estimate of drug-likeness (QED) is 0.516. The minimum atomic E-state index is 0.850. The molecule has 3 atom stereocenters. The van der Waals surface area contributed by atoms with Crippen LogP contribution in [0.1, 0.15) is 39.0 Å². The third-order valence-corrected chi connectivity index (χ3v) is 3.73. The lowest BCUT2D eigenvalue weighted by Crippen LogP contribution is -2.34. The Bertz CT molecular complexity index is 144. The SMILES string of the molecule is CC1C[C@@H]2CCCC[C@@H]2N1C. The summed E-state index contributed by atoms with van der Waals surface area (Å²) >= 11 is 0. The van der Waals surface area contributed by atoms with Crippen molar-refractivity contribution in [3.05, 3.63) is 0 Å². The van der Waals surface area contributed by atoms with Gasteiger partial charge in [0.2, 0.25) is 0 Å². The van der Waals surface area contributed by atoms with Crippen LogP contribution in [0, 0.1) is 5.92 Å². The van der Waals surface area contributed by atoms with E-state index in [1.165, 1.54) is 32.1 Å². The number of rotatable bonds is 0. The molecule has 0 N–H and O–H groups in total. The molecule has 1 heterocycles. The highest BCUT2D eigenvalue weighted by molar-refractivity contribution is 4.92. The highest BCUT2D eigenvalue weighted by atomic mass is 15.2. The van der Waals surface area contributed by atoms with E-state index >= 15 is 0 Å². The summed E-state index contributed by atoms with van der Waals surface area (Å²) in [5.41, 5.74) is 0. The normalized spacial score (nSPS) is 45.8. The van der Waals surface area contributed by atoms with Crippen LogP contribution in [0.15, 0.2) is 0 Å². The van der Waals surface area contributed by atoms with Crippen molar-refractivity contribution < 1.29 is 0 Å². The Hall–Kier alpha value is -0.0400. The first-order valence-electron chi connectivity index (χ1n) is 5.01. The van der Waals surface area contributed by atoms with Crippen LogP contribution in [0.3, 0.4) is 0 Å². The Morgan fingerprint density at radius 1 is 1.18 bits per heavy atom. The van der Waals surface area contributed by atoms with Gasteiger partial charge in [-0.3, -0.25) is 0 Å². The summed E-state index contributed by atoms with van der Waals surface area (Å²) in [7, 11) is 2.31. The van der Waals surface area contributed by atoms with Crippen LogP contribution in [0.4, 0.5) is 0 Å². The zero-order chi connectivity index (χ0) is 7.84. The zero-order valence-corrected chi connectivity index (χ0v) is 7.71. The minimum absolute atomic E-state index is 0.850. The number of likely N-dealkylation sites (tertiary alicyclic amines) is 1. The lowest BCUT2D eigenvalue weighted by Gasteiger charge is -2.30. The van der Waals surface area contributed by atoms with Gasteiger partial charge in [0.15, 0.2) is 0 Å². The largest absolute Gasteiger partial charge is 0.300 e. The van der Waals surface area contributed by atoms with E-state index in [1.807, 2.05) is 0 Å². The van der Waals surface area contributed by atoms with Crippen molar-refractivity contribution in [1.29, 1.82) is 0 Å². The predicted octanol–water partition coefficient (Wildman–Crippen LogP) is 2.27. The van der Waals surface area contributed by atoms with E-state index in [2.05, 4.69) is 18.9 Å². The average molecular weight is 153 g/mol. The van der Waals surface area contributed by atoms with Crippen molar-refractivity contribution in [3.63, 3.8) is 0 Å². The maximum Gasteiger partial charge on any atom is 0.0124 e. The van der Waals surface area contributed by atoms with Gasteiger partial charge in [0.05, 0.1) is 0 Å². The first kappa shape index (κ1) is 7.60. The fourth-order valence-corrected chi connectivity index (χ4v) is 2.93. The molecule has 64 valence electrons. The molecule has 11 heavy (non-hydrogen) atoms. The number of hydrogen-bond acceptors (Lipinski definition) is 1. The molecule has 2 fully saturated rings. The molecule has 1 heteroatoms. The number of hydrogen-bond donors (Lipinski definition) is 0. The van der Waals surface area contributed by atoms with E-state index in [4.69, 9.17) is 0 Å². The Labute approximate surface area is 69.8 Å². The fourth-order valence-electron chi connectivity index (χ4n) is 2.93. The Kier molecular flexibility index (Phi) is 1.92. The van der Waals surface area contributed by atoms with E-state index in [0.717, 1.165) is 18.0 Å². The Morgan fingerprint density at radius 2 is 1.91 bits per heavy atom. The molecule has 0 aromatic carbocycles. The standard InChI is InChI=1S/C10H19N/c1-8-7-9-5-3-4-6-10(9)11(8)2/h8-10H,3-7H2,1-2H3/t8?,9-,10-/m0/s1. The third kappa shape index (κ3) is 1.20. The second-order valence-corrected chi connectivity index (χ2v) is 4.36. The summed E-state index contributed by atoms with van der Waals surface area (Å²) < 4.78 is 0. The molecule has 0 radical (unpaired) electrons. The summed E-state index contributed by atoms with van der Waals surface area (Å²) in [6.07, 6.45) is 7.38. The lowest BCUT2D eigenvalue weighted by atomic mass is 9.85. The van der Waals surface area contributed by atoms with E-state index in [1.54, 1.807) is 0 Å². The van der Waals surface area contributed by atoms with E-state index in [0.29, 0.717) is 0 Å². The third-order valence-electron chi connectivity index (χ3n) is 3.73. The van der Waals surface area contributed by atoms with E-state index in [9.17, 15) is 0 Å². The summed E-state index contributed by atoms with van der Waals surface area (Å²) in [4.78, 5) is 2.60. The van der Waals surface area contributed by atoms with Crippen LogP contribution >= 0.6 is 0 Å². The summed E-state index contributed by atoms with van der Waals surface area (Å²) in [5.74, 6) is 1.05. The number of nitrogens with zero attached hydrogens (tertiary/aromatic N) is 1. The smallest absolute Gasteiger partial charge is 0.0124 e. The van der Waals surface area contributed by atoms with Gasteiger partial charge in [-0.2, -0.15) is 0 Å². The van der Waals surface area contributed by atoms with Crippen molar-refractivity contribution in [3.8, 4) is 0 Å². The molecule has 1 aliphatic carbocycles. The van der Waals surface area contributed by atoms with Gasteiger partial charge in [-0.05, 0) is 39.2 Å². The Balaban J connectivity index is 2.05. The maximum atomic E-state index is 2.60. The molecule has 1 aliphatic heterocycles. The van der Waals surface area contributed by atoms with Crippen LogP contribution in [0.5, 0.6) is 0 Å². The lowest BCUT2D eigenvalue weighted by molar-refractivity contribution is 0.192. The Morgan fingerprint density at radius 3 is 2.64 bits per heavy atom. The van der Waals surface area contributed by atoms with Gasteiger partial charge in [-0.15, -0.1) is 0 Å². The van der Waals surface area contributed by atoms with E-state index in [-0.39, 0.29) is 0 Å². The molecule has 0 aromatic heterocycles. The topological polar surface area (TPSA) is 3.24 Å². The van der Waals surface area contributed by atoms with Gasteiger partial charge in [0.1, 0.15) is 0 Å². The summed E-state index contributed by atoms with van der Waals surface area (Å²) in [6, 6.07) is 1.79. The van der Waals surface area contributed by atoms with Crippen LogP contribution in [-0.2, 0) is 0 Å². The second-order valence-electron chi connectivity index (χ2n) is 4.36. The van der Waals surface area contributed by atoms with Gasteiger partial charge in [0, 0.05) is 12.1 Å². The van der Waals surface area contributed by atoms with Gasteiger partial charge in [-0.25, -0.2) is 0 Å². The average Bonchev–Trinajstić information content (AvgIpc) is 2.30. The second kappa shape index (κ2) is 2.78. The zero-order valence-electron chi connectivity index (χ0n) is 7.71. The van der Waals surface area contributed by atoms with Gasteiger partial charge in [-0.1, -0.05) is 12.8 Å². The molecule has 2 rings (SSSR count). The molecule has 0 aromatic rings. The van der Waals surface area contributed by atoms with Gasteiger partial charge in [0.25, 0.3) is 0 Å². The van der Waals surface area contributed by atoms with Crippen LogP contribution in [-0.4, -0.2) is 24.0 Å². The van der Waals surface area contributed by atoms with Crippen molar-refractivity contribution in [2.75, 3.05) is 7.05 Å². The van der Waals surface area contributed by atoms with Gasteiger partial charge < -0.3 is 4.90 Å². The van der Waals surface area contributed by atoms with Crippen molar-refractivity contribution in [1.82, 2.24) is 4.90 Å². The maximum absolute atomic E-state index is 2.60. The number of fused-ring (bicyclic) bond motifs is 1. The predicted molar refractivity (Wildman–Crippen MR) is 47.6 cm³/mol. The fraction of sp³-hybridized carbons (Fsp3) is 1.00. The summed E-state index contributed by atoms with van der Waals surface area (Å²) in [5, 5.41) is 0. The van der Waals surface area contributed by atoms with E-state index < -0.39 is 0 Å². The summed E-state index contributed by atoms with van der Waals surface area (Å²) in [6.45, 7) is 2.37. The molecular weight excluding hydrogens is 134 g/mol. The van der Waals surface area contributed by atoms with Crippen molar-refractivity contribution in [2.24, 2.45) is 5.92 Å².